The van der Waals surface area contributed by atoms with E-state index in [4.69, 9.17) is 4.84 Å². The number of likely N-dealkylation sites (tertiary alicyclic amines) is 1. The Morgan fingerprint density at radius 1 is 1.67 bits per heavy atom. The summed E-state index contributed by atoms with van der Waals surface area (Å²) in [5.41, 5.74) is 0. The first-order chi connectivity index (χ1) is 5.66. The van der Waals surface area contributed by atoms with Gasteiger partial charge < -0.3 is 0 Å². The van der Waals surface area contributed by atoms with E-state index in [1.807, 2.05) is 7.05 Å². The third-order valence-corrected chi connectivity index (χ3v) is 2.39. The molecular formula is C8H16N2O2. The van der Waals surface area contributed by atoms with E-state index in [9.17, 15) is 4.79 Å². The summed E-state index contributed by atoms with van der Waals surface area (Å²) in [4.78, 5) is 18.4. The summed E-state index contributed by atoms with van der Waals surface area (Å²) in [6.07, 6.45) is 2.05. The van der Waals surface area contributed by atoms with Crippen LogP contribution in [0.1, 0.15) is 12.8 Å². The van der Waals surface area contributed by atoms with Gasteiger partial charge in [-0.1, -0.05) is 0 Å². The average molecular weight is 172 g/mol. The molecule has 1 aliphatic heterocycles. The molecule has 4 heteroatoms. The molecule has 0 saturated carbocycles. The lowest BCUT2D eigenvalue weighted by molar-refractivity contribution is -0.173. The fourth-order valence-electron chi connectivity index (χ4n) is 1.52. The Balaban J connectivity index is 2.51. The van der Waals surface area contributed by atoms with Crippen molar-refractivity contribution in [3.8, 4) is 0 Å². The number of carbonyl (C=O) groups is 1. The number of hydroxylamine groups is 2. The number of likely N-dealkylation sites (N-methyl/N-ethyl adjacent to an activating group) is 2. The third-order valence-electron chi connectivity index (χ3n) is 2.39. The molecule has 70 valence electrons. The van der Waals surface area contributed by atoms with Crippen LogP contribution in [0, 0.1) is 0 Å². The maximum atomic E-state index is 11.5. The van der Waals surface area contributed by atoms with Gasteiger partial charge in [-0.15, -0.1) is 0 Å². The number of rotatable bonds is 2. The summed E-state index contributed by atoms with van der Waals surface area (Å²) in [7, 11) is 5.13. The summed E-state index contributed by atoms with van der Waals surface area (Å²) in [6.45, 7) is 1.01. The summed E-state index contributed by atoms with van der Waals surface area (Å²) in [5, 5.41) is 1.30. The maximum Gasteiger partial charge on any atom is 0.263 e. The normalized spacial score (nSPS) is 24.4. The smallest absolute Gasteiger partial charge is 0.263 e. The molecule has 0 unspecified atom stereocenters. The molecule has 12 heavy (non-hydrogen) atoms. The first-order valence-electron chi connectivity index (χ1n) is 4.18. The van der Waals surface area contributed by atoms with Crippen molar-refractivity contribution in [2.24, 2.45) is 0 Å². The van der Waals surface area contributed by atoms with Gasteiger partial charge in [0.05, 0.1) is 13.2 Å². The highest BCUT2D eigenvalue weighted by Crippen LogP contribution is 2.16. The molecule has 0 radical (unpaired) electrons. The molecule has 0 aromatic heterocycles. The van der Waals surface area contributed by atoms with Crippen molar-refractivity contribution in [2.75, 3.05) is 27.7 Å². The van der Waals surface area contributed by atoms with Crippen molar-refractivity contribution in [3.05, 3.63) is 0 Å². The summed E-state index contributed by atoms with van der Waals surface area (Å²) in [5.74, 6) is 0.0532. The molecule has 0 aliphatic carbocycles. The molecule has 0 aromatic rings. The molecule has 1 atom stereocenters. The van der Waals surface area contributed by atoms with Crippen molar-refractivity contribution in [2.45, 2.75) is 18.9 Å². The largest absolute Gasteiger partial charge is 0.295 e. The minimum atomic E-state index is 0.0231. The molecule has 1 heterocycles. The molecule has 1 saturated heterocycles. The zero-order chi connectivity index (χ0) is 9.14. The van der Waals surface area contributed by atoms with Crippen molar-refractivity contribution in [1.82, 2.24) is 9.96 Å². The molecule has 0 N–H and O–H groups in total. The molecule has 1 aliphatic rings. The molecule has 0 aromatic carbocycles. The second kappa shape index (κ2) is 3.87. The van der Waals surface area contributed by atoms with Crippen LogP contribution < -0.4 is 0 Å². The van der Waals surface area contributed by atoms with Gasteiger partial charge in [0.15, 0.2) is 0 Å². The van der Waals surface area contributed by atoms with Crippen LogP contribution in [0.15, 0.2) is 0 Å². The monoisotopic (exact) mass is 172 g/mol. The van der Waals surface area contributed by atoms with Gasteiger partial charge in [-0.2, -0.15) is 0 Å². The average Bonchev–Trinajstić information content (AvgIpc) is 2.48. The summed E-state index contributed by atoms with van der Waals surface area (Å²) < 4.78 is 0. The minimum absolute atomic E-state index is 0.0231. The first kappa shape index (κ1) is 9.48. The second-order valence-corrected chi connectivity index (χ2v) is 3.16. The minimum Gasteiger partial charge on any atom is -0.295 e. The van der Waals surface area contributed by atoms with Gasteiger partial charge in [0, 0.05) is 7.05 Å². The van der Waals surface area contributed by atoms with E-state index in [0.29, 0.717) is 0 Å². The fourth-order valence-corrected chi connectivity index (χ4v) is 1.52. The van der Waals surface area contributed by atoms with Crippen LogP contribution in [-0.2, 0) is 9.63 Å². The van der Waals surface area contributed by atoms with Crippen molar-refractivity contribution in [1.29, 1.82) is 0 Å². The van der Waals surface area contributed by atoms with Gasteiger partial charge in [-0.3, -0.25) is 14.5 Å². The van der Waals surface area contributed by atoms with Crippen LogP contribution in [0.25, 0.3) is 0 Å². The SMILES string of the molecule is CON(C)C(=O)[C@@H]1CCCN1C. The first-order valence-corrected chi connectivity index (χ1v) is 4.18. The van der Waals surface area contributed by atoms with Crippen LogP contribution in [0.4, 0.5) is 0 Å². The lowest BCUT2D eigenvalue weighted by Crippen LogP contribution is -2.41. The molecule has 1 rings (SSSR count). The fraction of sp³-hybridized carbons (Fsp3) is 0.875. The number of hydrogen-bond acceptors (Lipinski definition) is 3. The Morgan fingerprint density at radius 3 is 2.75 bits per heavy atom. The predicted octanol–water partition coefficient (Wildman–Crippen LogP) is 0.100. The molecule has 1 fully saturated rings. The second-order valence-electron chi connectivity index (χ2n) is 3.16. The van der Waals surface area contributed by atoms with Crippen LogP contribution in [0.3, 0.4) is 0 Å². The lowest BCUT2D eigenvalue weighted by Gasteiger charge is -2.22. The zero-order valence-electron chi connectivity index (χ0n) is 7.91. The number of hydrogen-bond donors (Lipinski definition) is 0. The van der Waals surface area contributed by atoms with Gasteiger partial charge in [-0.25, -0.2) is 5.06 Å². The van der Waals surface area contributed by atoms with E-state index in [2.05, 4.69) is 4.90 Å². The van der Waals surface area contributed by atoms with Gasteiger partial charge in [0.2, 0.25) is 0 Å². The van der Waals surface area contributed by atoms with Gasteiger partial charge in [0.25, 0.3) is 5.91 Å². The predicted molar refractivity (Wildman–Crippen MR) is 45.4 cm³/mol. The molecule has 1 amide bonds. The quantitative estimate of drug-likeness (QED) is 0.554. The van der Waals surface area contributed by atoms with E-state index in [0.717, 1.165) is 19.4 Å². The molecular weight excluding hydrogens is 156 g/mol. The third kappa shape index (κ3) is 1.76. The standard InChI is InChI=1S/C8H16N2O2/c1-9-6-4-5-7(9)8(11)10(2)12-3/h7H,4-6H2,1-3H3/t7-/m0/s1. The van der Waals surface area contributed by atoms with Crippen LogP contribution in [0.5, 0.6) is 0 Å². The van der Waals surface area contributed by atoms with Crippen molar-refractivity contribution in [3.63, 3.8) is 0 Å². The molecule has 4 nitrogen and oxygen atoms in total. The highest BCUT2D eigenvalue weighted by Gasteiger charge is 2.29. The molecule has 0 bridgehead atoms. The van der Waals surface area contributed by atoms with Crippen LogP contribution in [0.2, 0.25) is 0 Å². The van der Waals surface area contributed by atoms with Crippen LogP contribution in [-0.4, -0.2) is 49.7 Å². The number of nitrogens with zero attached hydrogens (tertiary/aromatic N) is 2. The van der Waals surface area contributed by atoms with Gasteiger partial charge >= 0.3 is 0 Å². The highest BCUT2D eigenvalue weighted by molar-refractivity contribution is 5.80. The molecule has 0 spiro atoms. The Labute approximate surface area is 73.0 Å². The van der Waals surface area contributed by atoms with E-state index in [1.54, 1.807) is 7.05 Å². The van der Waals surface area contributed by atoms with Crippen molar-refractivity contribution < 1.29 is 9.63 Å². The lowest BCUT2D eigenvalue weighted by atomic mass is 10.2. The van der Waals surface area contributed by atoms with Crippen molar-refractivity contribution >= 4 is 5.91 Å². The maximum absolute atomic E-state index is 11.5. The van der Waals surface area contributed by atoms with E-state index in [1.165, 1.54) is 12.2 Å². The number of carbonyl (C=O) groups excluding carboxylic acids is 1. The Morgan fingerprint density at radius 2 is 2.33 bits per heavy atom. The summed E-state index contributed by atoms with van der Waals surface area (Å²) in [6, 6.07) is 0.0231. The highest BCUT2D eigenvalue weighted by atomic mass is 16.7. The Bertz CT molecular complexity index is 172. The van der Waals surface area contributed by atoms with Gasteiger partial charge in [-0.05, 0) is 26.4 Å². The zero-order valence-corrected chi connectivity index (χ0v) is 7.91. The van der Waals surface area contributed by atoms with Gasteiger partial charge in [0.1, 0.15) is 0 Å². The summed E-state index contributed by atoms with van der Waals surface area (Å²) >= 11 is 0. The number of amides is 1. The Kier molecular flexibility index (Phi) is 3.05. The van der Waals surface area contributed by atoms with E-state index in [-0.39, 0.29) is 11.9 Å². The van der Waals surface area contributed by atoms with Crippen LogP contribution >= 0.6 is 0 Å². The van der Waals surface area contributed by atoms with E-state index < -0.39 is 0 Å². The topological polar surface area (TPSA) is 32.8 Å². The Hall–Kier alpha value is -0.610. The van der Waals surface area contributed by atoms with E-state index >= 15 is 0 Å².